The molecule has 26 heavy (non-hydrogen) atoms. The van der Waals surface area contributed by atoms with Gasteiger partial charge in [-0.15, -0.1) is 0 Å². The fraction of sp³-hybridized carbons (Fsp3) is 0.300. The number of hydrogen-bond donors (Lipinski definition) is 0. The van der Waals surface area contributed by atoms with Gasteiger partial charge in [0.1, 0.15) is 11.3 Å². The summed E-state index contributed by atoms with van der Waals surface area (Å²) in [5, 5.41) is 0.385. The smallest absolute Gasteiger partial charge is 0.342 e. The van der Waals surface area contributed by atoms with Crippen LogP contribution in [-0.2, 0) is 16.1 Å². The quantitative estimate of drug-likeness (QED) is 0.721. The van der Waals surface area contributed by atoms with Crippen LogP contribution < -0.4 is 4.74 Å². The molecule has 0 saturated carbocycles. The van der Waals surface area contributed by atoms with Gasteiger partial charge in [-0.25, -0.2) is 4.79 Å². The number of ether oxygens (including phenoxy) is 2. The summed E-state index contributed by atoms with van der Waals surface area (Å²) in [4.78, 5) is 26.0. The summed E-state index contributed by atoms with van der Waals surface area (Å²) < 4.78 is 10.2. The summed E-state index contributed by atoms with van der Waals surface area (Å²) in [6.45, 7) is 4.13. The topological polar surface area (TPSA) is 55.8 Å². The molecule has 0 unspecified atom stereocenters. The number of halogens is 1. The average molecular weight is 376 g/mol. The number of carbonyl (C=O) groups excluding carboxylic acids is 2. The molecule has 1 amide bonds. The molecule has 2 rings (SSSR count). The van der Waals surface area contributed by atoms with Gasteiger partial charge in [-0.1, -0.05) is 35.4 Å². The molecule has 0 aliphatic heterocycles. The van der Waals surface area contributed by atoms with Gasteiger partial charge in [-0.3, -0.25) is 4.79 Å². The molecule has 0 radical (unpaired) electrons. The third-order valence-electron chi connectivity index (χ3n) is 4.04. The van der Waals surface area contributed by atoms with Crippen LogP contribution in [0.4, 0.5) is 0 Å². The Balaban J connectivity index is 1.97. The number of esters is 1. The first-order valence-electron chi connectivity index (χ1n) is 8.12. The molecule has 2 aromatic carbocycles. The molecule has 0 aliphatic rings. The van der Waals surface area contributed by atoms with Gasteiger partial charge in [0, 0.05) is 18.6 Å². The fourth-order valence-electron chi connectivity index (χ4n) is 2.52. The predicted molar refractivity (Wildman–Crippen MR) is 101 cm³/mol. The lowest BCUT2D eigenvalue weighted by molar-refractivity contribution is -0.133. The summed E-state index contributed by atoms with van der Waals surface area (Å²) in [6.07, 6.45) is 0. The molecule has 0 spiro atoms. The number of likely N-dealkylation sites (N-methyl/N-ethyl adjacent to an activating group) is 1. The van der Waals surface area contributed by atoms with Crippen LogP contribution in [0.25, 0.3) is 0 Å². The summed E-state index contributed by atoms with van der Waals surface area (Å²) in [7, 11) is 3.12. The van der Waals surface area contributed by atoms with Crippen molar-refractivity contribution in [2.24, 2.45) is 0 Å². The van der Waals surface area contributed by atoms with E-state index >= 15 is 0 Å². The number of rotatable bonds is 6. The SMILES string of the molecule is COc1ccc(Cl)cc1C(=O)OCC(=O)N(C)Cc1ccc(C)cc1C. The van der Waals surface area contributed by atoms with Crippen molar-refractivity contribution in [1.29, 1.82) is 0 Å². The van der Waals surface area contributed by atoms with Crippen LogP contribution in [-0.4, -0.2) is 37.5 Å². The second kappa shape index (κ2) is 8.72. The van der Waals surface area contributed by atoms with Crippen LogP contribution in [0.1, 0.15) is 27.0 Å². The van der Waals surface area contributed by atoms with Crippen LogP contribution in [0.3, 0.4) is 0 Å². The number of nitrogens with zero attached hydrogens (tertiary/aromatic N) is 1. The van der Waals surface area contributed by atoms with E-state index in [1.165, 1.54) is 23.6 Å². The highest BCUT2D eigenvalue weighted by molar-refractivity contribution is 6.31. The lowest BCUT2D eigenvalue weighted by Gasteiger charge is -2.19. The lowest BCUT2D eigenvalue weighted by atomic mass is 10.1. The number of benzene rings is 2. The zero-order chi connectivity index (χ0) is 19.3. The van der Waals surface area contributed by atoms with Gasteiger partial charge < -0.3 is 14.4 Å². The van der Waals surface area contributed by atoms with Crippen molar-refractivity contribution in [2.75, 3.05) is 20.8 Å². The minimum absolute atomic E-state index is 0.185. The first-order chi connectivity index (χ1) is 12.3. The van der Waals surface area contributed by atoms with Gasteiger partial charge in [-0.2, -0.15) is 0 Å². The number of carbonyl (C=O) groups is 2. The van der Waals surface area contributed by atoms with Gasteiger partial charge in [0.15, 0.2) is 6.61 Å². The van der Waals surface area contributed by atoms with Crippen molar-refractivity contribution in [3.8, 4) is 5.75 Å². The maximum atomic E-state index is 12.3. The van der Waals surface area contributed by atoms with Crippen LogP contribution in [0.2, 0.25) is 5.02 Å². The minimum atomic E-state index is -0.655. The molecule has 0 fully saturated rings. The molecular weight excluding hydrogens is 354 g/mol. The largest absolute Gasteiger partial charge is 0.496 e. The van der Waals surface area contributed by atoms with E-state index in [2.05, 4.69) is 6.07 Å². The van der Waals surface area contributed by atoms with Gasteiger partial charge >= 0.3 is 5.97 Å². The summed E-state index contributed by atoms with van der Waals surface area (Å²) in [5.74, 6) is -0.604. The number of amides is 1. The Morgan fingerprint density at radius 1 is 1.12 bits per heavy atom. The van der Waals surface area contributed by atoms with Crippen molar-refractivity contribution >= 4 is 23.5 Å². The molecule has 0 heterocycles. The van der Waals surface area contributed by atoms with E-state index in [9.17, 15) is 9.59 Å². The summed E-state index contributed by atoms with van der Waals surface area (Å²) in [5.41, 5.74) is 3.52. The summed E-state index contributed by atoms with van der Waals surface area (Å²) >= 11 is 5.91. The first kappa shape index (κ1) is 19.8. The predicted octanol–water partition coefficient (Wildman–Crippen LogP) is 3.78. The van der Waals surface area contributed by atoms with Crippen LogP contribution in [0.15, 0.2) is 36.4 Å². The molecule has 138 valence electrons. The Labute approximate surface area is 158 Å². The van der Waals surface area contributed by atoms with Crippen molar-refractivity contribution in [1.82, 2.24) is 4.90 Å². The van der Waals surface area contributed by atoms with Gasteiger partial charge in [-0.05, 0) is 43.2 Å². The Morgan fingerprint density at radius 3 is 2.50 bits per heavy atom. The summed E-state index contributed by atoms with van der Waals surface area (Å²) in [6, 6.07) is 10.7. The highest BCUT2D eigenvalue weighted by Gasteiger charge is 2.18. The monoisotopic (exact) mass is 375 g/mol. The highest BCUT2D eigenvalue weighted by Crippen LogP contribution is 2.23. The van der Waals surface area contributed by atoms with E-state index in [-0.39, 0.29) is 18.1 Å². The zero-order valence-corrected chi connectivity index (χ0v) is 16.1. The second-order valence-electron chi connectivity index (χ2n) is 6.10. The standard InChI is InChI=1S/C20H22ClNO4/c1-13-5-6-15(14(2)9-13)11-22(3)19(23)12-26-20(24)17-10-16(21)7-8-18(17)25-4/h5-10H,11-12H2,1-4H3. The van der Waals surface area contributed by atoms with Crippen molar-refractivity contribution < 1.29 is 19.1 Å². The molecule has 0 N–H and O–H groups in total. The van der Waals surface area contributed by atoms with Crippen molar-refractivity contribution in [2.45, 2.75) is 20.4 Å². The van der Waals surface area contributed by atoms with Gasteiger partial charge in [0.05, 0.1) is 7.11 Å². The van der Waals surface area contributed by atoms with E-state index in [1.54, 1.807) is 19.2 Å². The maximum Gasteiger partial charge on any atom is 0.342 e. The number of hydrogen-bond acceptors (Lipinski definition) is 4. The van der Waals surface area contributed by atoms with Crippen LogP contribution in [0.5, 0.6) is 5.75 Å². The second-order valence-corrected chi connectivity index (χ2v) is 6.54. The van der Waals surface area contributed by atoms with E-state index in [1.807, 2.05) is 26.0 Å². The Kier molecular flexibility index (Phi) is 6.64. The molecular formula is C20H22ClNO4. The molecule has 2 aromatic rings. The minimum Gasteiger partial charge on any atom is -0.496 e. The molecule has 0 aromatic heterocycles. The molecule has 6 heteroatoms. The van der Waals surface area contributed by atoms with Crippen LogP contribution in [0, 0.1) is 13.8 Å². The van der Waals surface area contributed by atoms with Crippen molar-refractivity contribution in [3.63, 3.8) is 0 Å². The number of aryl methyl sites for hydroxylation is 2. The normalized spacial score (nSPS) is 10.3. The third kappa shape index (κ3) is 4.99. The fourth-order valence-corrected chi connectivity index (χ4v) is 2.69. The van der Waals surface area contributed by atoms with Crippen molar-refractivity contribution in [3.05, 3.63) is 63.7 Å². The van der Waals surface area contributed by atoms with Gasteiger partial charge in [0.2, 0.25) is 0 Å². The van der Waals surface area contributed by atoms with E-state index in [4.69, 9.17) is 21.1 Å². The Morgan fingerprint density at radius 2 is 1.85 bits per heavy atom. The molecule has 0 atom stereocenters. The van der Waals surface area contributed by atoms with E-state index in [0.29, 0.717) is 17.3 Å². The molecule has 0 aliphatic carbocycles. The zero-order valence-electron chi connectivity index (χ0n) is 15.3. The van der Waals surface area contributed by atoms with E-state index < -0.39 is 5.97 Å². The van der Waals surface area contributed by atoms with Crippen LogP contribution >= 0.6 is 11.6 Å². The average Bonchev–Trinajstić information content (AvgIpc) is 2.61. The highest BCUT2D eigenvalue weighted by atomic mass is 35.5. The maximum absolute atomic E-state index is 12.3. The lowest BCUT2D eigenvalue weighted by Crippen LogP contribution is -2.31. The molecule has 5 nitrogen and oxygen atoms in total. The number of methoxy groups -OCH3 is 1. The van der Waals surface area contributed by atoms with E-state index in [0.717, 1.165) is 11.1 Å². The molecule has 0 saturated heterocycles. The first-order valence-corrected chi connectivity index (χ1v) is 8.50. The Bertz CT molecular complexity index is 819. The molecule has 0 bridgehead atoms. The Hall–Kier alpha value is -2.53. The third-order valence-corrected chi connectivity index (χ3v) is 4.27. The van der Waals surface area contributed by atoms with Gasteiger partial charge in [0.25, 0.3) is 5.91 Å².